The molecule has 0 spiro atoms. The van der Waals surface area contributed by atoms with Gasteiger partial charge in [0.05, 0.1) is 18.4 Å². The van der Waals surface area contributed by atoms with Gasteiger partial charge >= 0.3 is 5.97 Å². The highest BCUT2D eigenvalue weighted by atomic mass is 32.2. The van der Waals surface area contributed by atoms with E-state index in [1.54, 1.807) is 13.8 Å². The molecule has 8 nitrogen and oxygen atoms in total. The Morgan fingerprint density at radius 1 is 1.03 bits per heavy atom. The monoisotopic (exact) mass is 456 g/mol. The first-order valence-corrected chi connectivity index (χ1v) is 10.6. The molecule has 0 fully saturated rings. The molecule has 0 saturated carbocycles. The van der Waals surface area contributed by atoms with Gasteiger partial charge in [0, 0.05) is 12.1 Å². The van der Waals surface area contributed by atoms with E-state index in [2.05, 4.69) is 10.0 Å². The number of benzene rings is 2. The minimum absolute atomic E-state index is 0.0160. The molecular formula is C20H22F2N2O6S. The van der Waals surface area contributed by atoms with E-state index in [1.165, 1.54) is 26.2 Å². The Kier molecular flexibility index (Phi) is 7.69. The second kappa shape index (κ2) is 9.84. The van der Waals surface area contributed by atoms with Crippen LogP contribution in [-0.2, 0) is 19.6 Å². The first-order valence-electron chi connectivity index (χ1n) is 9.12. The maximum atomic E-state index is 13.7. The number of nitrogens with one attached hydrogen (secondary N) is 2. The summed E-state index contributed by atoms with van der Waals surface area (Å²) >= 11 is 0. The fourth-order valence-electron chi connectivity index (χ4n) is 2.49. The number of amides is 1. The van der Waals surface area contributed by atoms with Crippen molar-refractivity contribution in [2.75, 3.05) is 12.4 Å². The van der Waals surface area contributed by atoms with E-state index in [0.29, 0.717) is 6.07 Å². The lowest BCUT2D eigenvalue weighted by molar-refractivity contribution is -0.123. The van der Waals surface area contributed by atoms with Gasteiger partial charge in [0.1, 0.15) is 22.3 Å². The summed E-state index contributed by atoms with van der Waals surface area (Å²) in [5, 5.41) is 2.19. The summed E-state index contributed by atoms with van der Waals surface area (Å²) in [6.07, 6.45) is -1.35. The van der Waals surface area contributed by atoms with Gasteiger partial charge in [0.15, 0.2) is 6.10 Å². The molecule has 0 radical (unpaired) electrons. The van der Waals surface area contributed by atoms with Crippen molar-refractivity contribution in [1.82, 2.24) is 4.72 Å². The third-order valence-electron chi connectivity index (χ3n) is 3.92. The quantitative estimate of drug-likeness (QED) is 0.591. The number of hydrogen-bond donors (Lipinski definition) is 2. The zero-order valence-electron chi connectivity index (χ0n) is 17.2. The van der Waals surface area contributed by atoms with E-state index < -0.39 is 45.7 Å². The first-order chi connectivity index (χ1) is 14.4. The summed E-state index contributed by atoms with van der Waals surface area (Å²) < 4.78 is 64.2. The smallest absolute Gasteiger partial charge is 0.338 e. The molecule has 2 rings (SSSR count). The van der Waals surface area contributed by atoms with Crippen molar-refractivity contribution in [3.63, 3.8) is 0 Å². The van der Waals surface area contributed by atoms with Crippen LogP contribution in [0, 0.1) is 11.6 Å². The standard InChI is InChI=1S/C20H22F2N2O6S/c1-11(2)24-31(27,28)18-9-13(5-8-17(18)29-4)20(26)30-12(3)19(25)23-16-7-6-14(21)10-15(16)22/h5-12,24H,1-4H3,(H,23,25). The molecule has 0 aliphatic rings. The molecule has 1 atom stereocenters. The SMILES string of the molecule is COc1ccc(C(=O)OC(C)C(=O)Nc2ccc(F)cc2F)cc1S(=O)(=O)NC(C)C. The highest BCUT2D eigenvalue weighted by molar-refractivity contribution is 7.89. The maximum Gasteiger partial charge on any atom is 0.338 e. The number of carbonyl (C=O) groups excluding carboxylic acids is 2. The third kappa shape index (κ3) is 6.22. The molecule has 11 heteroatoms. The second-order valence-electron chi connectivity index (χ2n) is 6.80. The molecule has 1 amide bonds. The largest absolute Gasteiger partial charge is 0.495 e. The van der Waals surface area contributed by atoms with Crippen LogP contribution in [0.2, 0.25) is 0 Å². The molecule has 0 saturated heterocycles. The summed E-state index contributed by atoms with van der Waals surface area (Å²) in [5.41, 5.74) is -0.426. The summed E-state index contributed by atoms with van der Waals surface area (Å²) in [5.74, 6) is -3.63. The Morgan fingerprint density at radius 3 is 2.29 bits per heavy atom. The number of anilines is 1. The lowest BCUT2D eigenvalue weighted by Gasteiger charge is -2.16. The summed E-state index contributed by atoms with van der Waals surface area (Å²) in [6.45, 7) is 4.51. The lowest BCUT2D eigenvalue weighted by Crippen LogP contribution is -2.31. The minimum Gasteiger partial charge on any atom is -0.495 e. The van der Waals surface area contributed by atoms with Gasteiger partial charge in [-0.1, -0.05) is 0 Å². The molecule has 0 aromatic heterocycles. The van der Waals surface area contributed by atoms with Gasteiger partial charge in [0.2, 0.25) is 10.0 Å². The number of esters is 1. The van der Waals surface area contributed by atoms with E-state index in [9.17, 15) is 26.8 Å². The van der Waals surface area contributed by atoms with Crippen LogP contribution in [0.15, 0.2) is 41.3 Å². The van der Waals surface area contributed by atoms with Gasteiger partial charge in [-0.3, -0.25) is 4.79 Å². The van der Waals surface area contributed by atoms with Gasteiger partial charge in [0.25, 0.3) is 5.91 Å². The molecular weight excluding hydrogens is 434 g/mol. The molecule has 2 aromatic rings. The normalized spacial score (nSPS) is 12.4. The second-order valence-corrected chi connectivity index (χ2v) is 8.48. The molecule has 0 aliphatic carbocycles. The highest BCUT2D eigenvalue weighted by Crippen LogP contribution is 2.26. The zero-order chi connectivity index (χ0) is 23.3. The Bertz CT molecular complexity index is 1090. The molecule has 1 unspecified atom stereocenters. The Hall–Kier alpha value is -3.05. The predicted molar refractivity (Wildman–Crippen MR) is 108 cm³/mol. The van der Waals surface area contributed by atoms with E-state index >= 15 is 0 Å². The molecule has 168 valence electrons. The van der Waals surface area contributed by atoms with Crippen LogP contribution in [0.25, 0.3) is 0 Å². The molecule has 2 N–H and O–H groups in total. The van der Waals surface area contributed by atoms with Crippen LogP contribution >= 0.6 is 0 Å². The van der Waals surface area contributed by atoms with Crippen molar-refractivity contribution in [3.05, 3.63) is 53.6 Å². The average Bonchev–Trinajstić information content (AvgIpc) is 2.68. The number of ether oxygens (including phenoxy) is 2. The van der Waals surface area contributed by atoms with Gasteiger partial charge in [-0.2, -0.15) is 0 Å². The van der Waals surface area contributed by atoms with Gasteiger partial charge in [-0.05, 0) is 51.1 Å². The molecule has 0 bridgehead atoms. The minimum atomic E-state index is -3.99. The Labute approximate surface area is 178 Å². The Balaban J connectivity index is 2.19. The van der Waals surface area contributed by atoms with Crippen molar-refractivity contribution in [3.8, 4) is 5.75 Å². The van der Waals surface area contributed by atoms with Crippen LogP contribution in [0.3, 0.4) is 0 Å². The number of carbonyl (C=O) groups is 2. The van der Waals surface area contributed by atoms with E-state index in [0.717, 1.165) is 18.2 Å². The fraction of sp³-hybridized carbons (Fsp3) is 0.300. The lowest BCUT2D eigenvalue weighted by atomic mass is 10.2. The van der Waals surface area contributed by atoms with Crippen LogP contribution in [0.1, 0.15) is 31.1 Å². The van der Waals surface area contributed by atoms with E-state index in [-0.39, 0.29) is 21.9 Å². The van der Waals surface area contributed by atoms with Crippen molar-refractivity contribution in [2.45, 2.75) is 37.8 Å². The number of rotatable bonds is 8. The average molecular weight is 456 g/mol. The van der Waals surface area contributed by atoms with Crippen LogP contribution in [-0.4, -0.2) is 39.5 Å². The molecule has 2 aromatic carbocycles. The maximum absolute atomic E-state index is 13.7. The van der Waals surface area contributed by atoms with Crippen LogP contribution in [0.5, 0.6) is 5.75 Å². The Morgan fingerprint density at radius 2 is 1.71 bits per heavy atom. The van der Waals surface area contributed by atoms with Crippen LogP contribution < -0.4 is 14.8 Å². The third-order valence-corrected chi connectivity index (χ3v) is 5.60. The van der Waals surface area contributed by atoms with Gasteiger partial charge in [-0.25, -0.2) is 26.7 Å². The number of methoxy groups -OCH3 is 1. The van der Waals surface area contributed by atoms with Crippen molar-refractivity contribution < 1.29 is 36.3 Å². The summed E-state index contributed by atoms with van der Waals surface area (Å²) in [4.78, 5) is 24.4. The van der Waals surface area contributed by atoms with Gasteiger partial charge in [-0.15, -0.1) is 0 Å². The van der Waals surface area contributed by atoms with E-state index in [4.69, 9.17) is 9.47 Å². The number of halogens is 2. The van der Waals surface area contributed by atoms with Crippen molar-refractivity contribution in [2.24, 2.45) is 0 Å². The zero-order valence-corrected chi connectivity index (χ0v) is 18.0. The summed E-state index contributed by atoms with van der Waals surface area (Å²) in [6, 6.07) is 5.80. The fourth-order valence-corrected chi connectivity index (χ4v) is 3.94. The molecule has 31 heavy (non-hydrogen) atoms. The van der Waals surface area contributed by atoms with Crippen molar-refractivity contribution in [1.29, 1.82) is 0 Å². The predicted octanol–water partition coefficient (Wildman–Crippen LogP) is 2.84. The van der Waals surface area contributed by atoms with E-state index in [1.807, 2.05) is 0 Å². The number of hydrogen-bond acceptors (Lipinski definition) is 6. The van der Waals surface area contributed by atoms with Gasteiger partial charge < -0.3 is 14.8 Å². The van der Waals surface area contributed by atoms with Crippen molar-refractivity contribution >= 4 is 27.6 Å². The first kappa shape index (κ1) is 24.2. The highest BCUT2D eigenvalue weighted by Gasteiger charge is 2.25. The molecule has 0 heterocycles. The number of sulfonamides is 1. The molecule has 0 aliphatic heterocycles. The summed E-state index contributed by atoms with van der Waals surface area (Å²) in [7, 11) is -2.71. The van der Waals surface area contributed by atoms with Crippen LogP contribution in [0.4, 0.5) is 14.5 Å². The topological polar surface area (TPSA) is 111 Å².